The largest absolute Gasteiger partial charge is 0.395 e. The third-order valence-corrected chi connectivity index (χ3v) is 4.51. The lowest BCUT2D eigenvalue weighted by atomic mass is 10.1. The van der Waals surface area contributed by atoms with Crippen molar-refractivity contribution in [2.75, 3.05) is 19.7 Å². The molecule has 1 aliphatic rings. The topological polar surface area (TPSA) is 93.0 Å². The lowest BCUT2D eigenvalue weighted by Crippen LogP contribution is -2.47. The zero-order chi connectivity index (χ0) is 16.5. The molecule has 1 saturated heterocycles. The zero-order valence-corrected chi connectivity index (χ0v) is 13.9. The predicted molar refractivity (Wildman–Crippen MR) is 85.4 cm³/mol. The van der Waals surface area contributed by atoms with E-state index in [1.807, 2.05) is 4.90 Å². The van der Waals surface area contributed by atoms with Gasteiger partial charge in [-0.2, -0.15) is 0 Å². The highest BCUT2D eigenvalue weighted by molar-refractivity contribution is 5.72. The van der Waals surface area contributed by atoms with Gasteiger partial charge >= 0.3 is 0 Å². The van der Waals surface area contributed by atoms with Crippen LogP contribution < -0.4 is 5.32 Å². The van der Waals surface area contributed by atoms with Gasteiger partial charge in [0, 0.05) is 13.5 Å². The van der Waals surface area contributed by atoms with Crippen LogP contribution in [-0.4, -0.2) is 70.1 Å². The smallest absolute Gasteiger partial charge is 0.216 e. The molecule has 0 aromatic heterocycles. The lowest BCUT2D eigenvalue weighted by Gasteiger charge is -2.29. The molecule has 4 unspecified atom stereocenters. The number of nitrogens with zero attached hydrogens (tertiary/aromatic N) is 1. The van der Waals surface area contributed by atoms with E-state index in [9.17, 15) is 20.1 Å². The van der Waals surface area contributed by atoms with Crippen LogP contribution in [0, 0.1) is 0 Å². The van der Waals surface area contributed by atoms with Crippen molar-refractivity contribution in [1.82, 2.24) is 10.2 Å². The number of nitrogens with one attached hydrogen (secondary N) is 1. The maximum absolute atomic E-state index is 11.1. The summed E-state index contributed by atoms with van der Waals surface area (Å²) in [6, 6.07) is -0.795. The Kier molecular flexibility index (Phi) is 8.93. The van der Waals surface area contributed by atoms with Gasteiger partial charge in [-0.1, -0.05) is 39.0 Å². The number of amides is 1. The Hall–Kier alpha value is -0.690. The summed E-state index contributed by atoms with van der Waals surface area (Å²) in [5.41, 5.74) is 0. The van der Waals surface area contributed by atoms with Gasteiger partial charge in [-0.15, -0.1) is 0 Å². The van der Waals surface area contributed by atoms with Gasteiger partial charge in [0.05, 0.1) is 30.9 Å². The Balaban J connectivity index is 2.50. The number of carbonyl (C=O) groups is 1. The summed E-state index contributed by atoms with van der Waals surface area (Å²) >= 11 is 0. The lowest BCUT2D eigenvalue weighted by molar-refractivity contribution is -0.119. The number of unbranched alkanes of at least 4 members (excludes halogenated alkanes) is 5. The Labute approximate surface area is 133 Å². The number of rotatable bonds is 10. The van der Waals surface area contributed by atoms with Crippen molar-refractivity contribution in [3.63, 3.8) is 0 Å². The molecule has 0 bridgehead atoms. The maximum atomic E-state index is 11.1. The minimum Gasteiger partial charge on any atom is -0.395 e. The van der Waals surface area contributed by atoms with Crippen molar-refractivity contribution in [2.24, 2.45) is 0 Å². The van der Waals surface area contributed by atoms with Crippen molar-refractivity contribution < 1.29 is 20.1 Å². The van der Waals surface area contributed by atoms with E-state index in [1.165, 1.54) is 32.6 Å². The van der Waals surface area contributed by atoms with Gasteiger partial charge in [-0.25, -0.2) is 0 Å². The fourth-order valence-electron chi connectivity index (χ4n) is 3.20. The normalized spacial score (nSPS) is 29.0. The highest BCUT2D eigenvalue weighted by Gasteiger charge is 2.46. The molecule has 0 aromatic rings. The van der Waals surface area contributed by atoms with Crippen molar-refractivity contribution in [2.45, 2.75) is 76.7 Å². The summed E-state index contributed by atoms with van der Waals surface area (Å²) in [5, 5.41) is 32.4. The molecule has 1 rings (SSSR count). The Bertz CT molecular complexity index is 327. The summed E-state index contributed by atoms with van der Waals surface area (Å²) in [4.78, 5) is 13.0. The van der Waals surface area contributed by atoms with Gasteiger partial charge in [0.1, 0.15) is 0 Å². The third-order valence-electron chi connectivity index (χ3n) is 4.51. The molecule has 1 fully saturated rings. The Morgan fingerprint density at radius 2 is 1.64 bits per heavy atom. The van der Waals surface area contributed by atoms with Crippen LogP contribution in [0.1, 0.15) is 52.4 Å². The Morgan fingerprint density at radius 1 is 1.05 bits per heavy atom. The first kappa shape index (κ1) is 19.4. The number of aliphatic hydroxyl groups excluding tert-OH is 3. The van der Waals surface area contributed by atoms with Crippen LogP contribution in [0.25, 0.3) is 0 Å². The van der Waals surface area contributed by atoms with E-state index in [4.69, 9.17) is 0 Å². The number of carbonyl (C=O) groups excluding carboxylic acids is 1. The van der Waals surface area contributed by atoms with E-state index in [2.05, 4.69) is 12.2 Å². The molecule has 130 valence electrons. The third kappa shape index (κ3) is 5.50. The summed E-state index contributed by atoms with van der Waals surface area (Å²) in [6.07, 6.45) is 5.06. The van der Waals surface area contributed by atoms with Crippen LogP contribution >= 0.6 is 0 Å². The molecule has 22 heavy (non-hydrogen) atoms. The van der Waals surface area contributed by atoms with Crippen LogP contribution in [-0.2, 0) is 4.79 Å². The highest BCUT2D eigenvalue weighted by atomic mass is 16.3. The molecule has 1 amide bonds. The summed E-state index contributed by atoms with van der Waals surface area (Å²) < 4.78 is 0. The van der Waals surface area contributed by atoms with Crippen molar-refractivity contribution in [3.05, 3.63) is 0 Å². The molecule has 6 nitrogen and oxygen atoms in total. The van der Waals surface area contributed by atoms with Crippen LogP contribution in [0.4, 0.5) is 0 Å². The van der Waals surface area contributed by atoms with Gasteiger partial charge in [-0.05, 0) is 13.0 Å². The van der Waals surface area contributed by atoms with Crippen molar-refractivity contribution in [1.29, 1.82) is 0 Å². The molecule has 6 heteroatoms. The SMILES string of the molecule is CCCCCCCCN1C(CO)C(O)C(O)C1CNC(C)=O. The van der Waals surface area contributed by atoms with Gasteiger partial charge in [0.15, 0.2) is 0 Å². The summed E-state index contributed by atoms with van der Waals surface area (Å²) in [7, 11) is 0. The van der Waals surface area contributed by atoms with E-state index >= 15 is 0 Å². The monoisotopic (exact) mass is 316 g/mol. The average Bonchev–Trinajstić information content (AvgIpc) is 2.71. The van der Waals surface area contributed by atoms with Gasteiger partial charge in [0.2, 0.25) is 5.91 Å². The molecular formula is C16H32N2O4. The first-order valence-corrected chi connectivity index (χ1v) is 8.50. The van der Waals surface area contributed by atoms with E-state index < -0.39 is 18.2 Å². The molecule has 0 radical (unpaired) electrons. The summed E-state index contributed by atoms with van der Waals surface area (Å²) in [5.74, 6) is -0.159. The van der Waals surface area contributed by atoms with Crippen LogP contribution in [0.15, 0.2) is 0 Å². The van der Waals surface area contributed by atoms with E-state index in [0.717, 1.165) is 19.4 Å². The summed E-state index contributed by atoms with van der Waals surface area (Å²) in [6.45, 7) is 4.44. The minimum atomic E-state index is -0.969. The highest BCUT2D eigenvalue weighted by Crippen LogP contribution is 2.25. The molecule has 4 atom stereocenters. The molecule has 1 aliphatic heterocycles. The molecular weight excluding hydrogens is 284 g/mol. The van der Waals surface area contributed by atoms with Gasteiger partial charge < -0.3 is 20.6 Å². The molecule has 0 spiro atoms. The second kappa shape index (κ2) is 10.2. The van der Waals surface area contributed by atoms with E-state index in [1.54, 1.807) is 0 Å². The fourth-order valence-corrected chi connectivity index (χ4v) is 3.20. The van der Waals surface area contributed by atoms with Crippen molar-refractivity contribution in [3.8, 4) is 0 Å². The second-order valence-electron chi connectivity index (χ2n) is 6.24. The quantitative estimate of drug-likeness (QED) is 0.434. The van der Waals surface area contributed by atoms with Crippen LogP contribution in [0.3, 0.4) is 0 Å². The average molecular weight is 316 g/mol. The molecule has 0 aromatic carbocycles. The number of hydrogen-bond donors (Lipinski definition) is 4. The molecule has 4 N–H and O–H groups in total. The van der Waals surface area contributed by atoms with Crippen LogP contribution in [0.5, 0.6) is 0 Å². The first-order valence-electron chi connectivity index (χ1n) is 8.50. The van der Waals surface area contributed by atoms with Crippen molar-refractivity contribution >= 4 is 5.91 Å². The molecule has 0 saturated carbocycles. The second-order valence-corrected chi connectivity index (χ2v) is 6.24. The number of likely N-dealkylation sites (tertiary alicyclic amines) is 1. The predicted octanol–water partition coefficient (Wildman–Crippen LogP) is 0.250. The zero-order valence-electron chi connectivity index (χ0n) is 13.9. The Morgan fingerprint density at radius 3 is 2.23 bits per heavy atom. The van der Waals surface area contributed by atoms with Gasteiger partial charge in [0.25, 0.3) is 0 Å². The van der Waals surface area contributed by atoms with Gasteiger partial charge in [-0.3, -0.25) is 9.69 Å². The van der Waals surface area contributed by atoms with Crippen LogP contribution in [0.2, 0.25) is 0 Å². The fraction of sp³-hybridized carbons (Fsp3) is 0.938. The molecule has 0 aliphatic carbocycles. The number of aliphatic hydroxyl groups is 3. The van der Waals surface area contributed by atoms with E-state index in [-0.39, 0.29) is 18.6 Å². The first-order chi connectivity index (χ1) is 10.5. The molecule has 1 heterocycles. The maximum Gasteiger partial charge on any atom is 0.216 e. The minimum absolute atomic E-state index is 0.159. The number of hydrogen-bond acceptors (Lipinski definition) is 5. The van der Waals surface area contributed by atoms with E-state index in [0.29, 0.717) is 6.54 Å². The standard InChI is InChI=1S/C16H32N2O4/c1-3-4-5-6-7-8-9-18-13(10-17-12(2)20)15(21)16(22)14(18)11-19/h13-16,19,21-22H,3-11H2,1-2H3,(H,17,20).